The predicted molar refractivity (Wildman–Crippen MR) is 454 cm³/mol. The molecule has 0 saturated carbocycles. The largest absolute Gasteiger partial charge is 0.472 e. The van der Waals surface area contributed by atoms with Crippen molar-refractivity contribution in [2.24, 2.45) is 0 Å². The number of unbranched alkanes of at least 4 members (excludes halogenated alkanes) is 34. The first kappa shape index (κ1) is 104. The molecule has 0 heterocycles. The molecule has 626 valence electrons. The monoisotopic (exact) mass is 1570 g/mol. The van der Waals surface area contributed by atoms with Crippen molar-refractivity contribution in [1.82, 2.24) is 0 Å². The van der Waals surface area contributed by atoms with Crippen LogP contribution in [-0.2, 0) is 55.8 Å². The normalized spacial score (nSPS) is 14.6. The van der Waals surface area contributed by atoms with E-state index in [-0.39, 0.29) is 19.3 Å². The van der Waals surface area contributed by atoms with Crippen LogP contribution in [0.1, 0.15) is 355 Å². The van der Waals surface area contributed by atoms with Crippen LogP contribution in [0, 0.1) is 0 Å². The summed E-state index contributed by atoms with van der Waals surface area (Å²) in [5.41, 5.74) is 0. The van der Waals surface area contributed by atoms with Gasteiger partial charge >= 0.3 is 33.6 Å². The minimum Gasteiger partial charge on any atom is -0.463 e. The van der Waals surface area contributed by atoms with E-state index in [2.05, 4.69) is 167 Å². The van der Waals surface area contributed by atoms with Crippen molar-refractivity contribution in [2.75, 3.05) is 39.6 Å². The van der Waals surface area contributed by atoms with Crippen LogP contribution < -0.4 is 0 Å². The van der Waals surface area contributed by atoms with Crippen molar-refractivity contribution in [2.45, 2.75) is 373 Å². The van der Waals surface area contributed by atoms with Crippen LogP contribution in [0.2, 0.25) is 0 Å². The summed E-state index contributed by atoms with van der Waals surface area (Å²) in [4.78, 5) is 58.7. The highest BCUT2D eigenvalue weighted by Gasteiger charge is 2.29. The Balaban J connectivity index is 4.42. The summed E-state index contributed by atoms with van der Waals surface area (Å²) in [5, 5.41) is 20.7. The molecule has 0 fully saturated rings. The third kappa shape index (κ3) is 84.2. The van der Waals surface area contributed by atoms with Crippen molar-refractivity contribution < 1.29 is 75.8 Å². The Morgan fingerprint density at radius 1 is 0.266 bits per heavy atom. The maximum absolute atomic E-state index is 13.0. The molecule has 4 N–H and O–H groups in total. The first-order valence-corrected chi connectivity index (χ1v) is 46.1. The molecule has 0 radical (unpaired) electrons. The molecule has 0 aromatic carbocycles. The first-order chi connectivity index (χ1) is 53.2. The second kappa shape index (κ2) is 82.9. The fourth-order valence-electron chi connectivity index (χ4n) is 11.5. The Labute approximate surface area is 664 Å². The molecule has 0 bridgehead atoms. The van der Waals surface area contributed by atoms with Gasteiger partial charge in [-0.1, -0.05) is 346 Å². The van der Waals surface area contributed by atoms with Gasteiger partial charge in [0.05, 0.1) is 26.4 Å². The molecule has 0 rings (SSSR count). The van der Waals surface area contributed by atoms with Gasteiger partial charge in [0.1, 0.15) is 25.4 Å². The summed E-state index contributed by atoms with van der Waals surface area (Å²) in [7, 11) is -9.80. The number of allylic oxidation sites excluding steroid dienone is 24. The molecule has 0 aliphatic heterocycles. The van der Waals surface area contributed by atoms with Gasteiger partial charge in [-0.05, 0) is 135 Å². The second-order valence-corrected chi connectivity index (χ2v) is 31.5. The number of phosphoric acid groups is 2. The van der Waals surface area contributed by atoms with E-state index in [1.807, 2.05) is 0 Å². The number of rotatable bonds is 81. The minimum absolute atomic E-state index is 0.0858. The van der Waals surface area contributed by atoms with Crippen molar-refractivity contribution in [1.29, 1.82) is 0 Å². The molecule has 5 unspecified atom stereocenters. The van der Waals surface area contributed by atoms with Gasteiger partial charge < -0.3 is 34.2 Å². The second-order valence-electron chi connectivity index (χ2n) is 28.6. The van der Waals surface area contributed by atoms with Gasteiger partial charge in [0, 0.05) is 19.3 Å². The van der Waals surface area contributed by atoms with Crippen molar-refractivity contribution in [3.63, 3.8) is 0 Å². The zero-order valence-corrected chi connectivity index (χ0v) is 70.5. The third-order valence-electron chi connectivity index (χ3n) is 18.0. The summed E-state index contributed by atoms with van der Waals surface area (Å²) in [5.74, 6) is -1.59. The molecule has 0 aromatic heterocycles. The number of ether oxygens (including phenoxy) is 3. The van der Waals surface area contributed by atoms with Crippen LogP contribution in [0.5, 0.6) is 0 Å². The molecule has 0 amide bonds. The Bertz CT molecular complexity index is 2560. The van der Waals surface area contributed by atoms with Crippen molar-refractivity contribution in [3.05, 3.63) is 146 Å². The lowest BCUT2D eigenvalue weighted by Crippen LogP contribution is -2.30. The molecule has 0 aliphatic carbocycles. The Hall–Kier alpha value is -4.57. The molecule has 0 aliphatic rings. The highest BCUT2D eigenvalue weighted by atomic mass is 31.2. The number of esters is 3. The van der Waals surface area contributed by atoms with Crippen LogP contribution in [0.3, 0.4) is 0 Å². The van der Waals surface area contributed by atoms with Crippen LogP contribution in [0.25, 0.3) is 0 Å². The van der Waals surface area contributed by atoms with E-state index in [4.69, 9.17) is 32.3 Å². The molecule has 18 heteroatoms. The zero-order valence-electron chi connectivity index (χ0n) is 68.7. The Morgan fingerprint density at radius 2 is 0.486 bits per heavy atom. The number of aliphatic hydroxyl groups is 2. The standard InChI is InChI=1S/C91H156O16P2/c1-4-7-10-13-16-19-22-25-27-29-31-33-35-37-39-40-41-42-43-44-46-48-49-51-53-55-57-60-62-65-68-71-74-77-89(94)101-80-86(92)81-103-108(97,98)104-82-87(93)83-105-109(99,100)106-85-88(107-91(96)79-76-73-70-67-64-59-24-21-18-15-12-9-6-3)84-102-90(95)78-75-72-69-66-63-61-58-56-54-52-50-47-45-38-36-34-32-30-28-26-23-20-17-14-11-8-5-2/h7-8,10-12,15-17,19-21,24-28,31-34,37-39,45,86-88,92-93H,4-6,9,13-14,18,22-23,29-30,35-36,40-44,46-85H2,1-3H3,(H,97,98)(H,99,100)/b10-7-,11-8-,15-12-,19-16-,20-17-,24-21-,27-25-,28-26-,33-31-,34-32-,39-37-,45-38-. The van der Waals surface area contributed by atoms with E-state index in [1.165, 1.54) is 128 Å². The summed E-state index contributed by atoms with van der Waals surface area (Å²) in [6.07, 6.45) is 103. The molecule has 5 atom stereocenters. The van der Waals surface area contributed by atoms with Gasteiger partial charge in [-0.15, -0.1) is 0 Å². The summed E-state index contributed by atoms with van der Waals surface area (Å²) in [6.45, 7) is 2.40. The lowest BCUT2D eigenvalue weighted by Gasteiger charge is -2.21. The molecule has 0 spiro atoms. The topological polar surface area (TPSA) is 231 Å². The molecular weight excluding hydrogens is 1410 g/mol. The Morgan fingerprint density at radius 3 is 0.771 bits per heavy atom. The number of phosphoric ester groups is 2. The lowest BCUT2D eigenvalue weighted by atomic mass is 10.0. The smallest absolute Gasteiger partial charge is 0.463 e. The summed E-state index contributed by atoms with van der Waals surface area (Å²) >= 11 is 0. The molecule has 109 heavy (non-hydrogen) atoms. The Kier molecular flexibility index (Phi) is 79.4. The van der Waals surface area contributed by atoms with E-state index in [0.29, 0.717) is 19.3 Å². The van der Waals surface area contributed by atoms with Crippen LogP contribution in [-0.4, -0.2) is 95.9 Å². The SMILES string of the molecule is CC/C=C\C/C=C\C/C=C\C/C=C\C/C=C\CCCCCCCCCCCCCCCCCCCC(=O)OCC(O)COP(=O)(O)OCC(O)COP(=O)(O)OCC(COC(=O)CCCCCCCCCCCCC/C=C\C/C=C\C/C=C\C/C=C\C/C=C\CC)OC(=O)CCCCCCC/C=C\C/C=C\CCC. The van der Waals surface area contributed by atoms with E-state index in [1.54, 1.807) is 0 Å². The van der Waals surface area contributed by atoms with E-state index < -0.39 is 91.5 Å². The van der Waals surface area contributed by atoms with Gasteiger partial charge in [-0.3, -0.25) is 32.5 Å². The number of hydrogen-bond acceptors (Lipinski definition) is 14. The van der Waals surface area contributed by atoms with Crippen LogP contribution >= 0.6 is 15.6 Å². The molecule has 0 saturated heterocycles. The number of carbonyl (C=O) groups excluding carboxylic acids is 3. The maximum atomic E-state index is 13.0. The quantitative estimate of drug-likeness (QED) is 0.0146. The van der Waals surface area contributed by atoms with E-state index >= 15 is 0 Å². The predicted octanol–water partition coefficient (Wildman–Crippen LogP) is 26.0. The molecule has 16 nitrogen and oxygen atoms in total. The van der Waals surface area contributed by atoms with Crippen LogP contribution in [0.4, 0.5) is 0 Å². The number of carbonyl (C=O) groups is 3. The van der Waals surface area contributed by atoms with Gasteiger partial charge in [-0.25, -0.2) is 9.13 Å². The fraction of sp³-hybridized carbons (Fsp3) is 0.703. The van der Waals surface area contributed by atoms with Gasteiger partial charge in [0.2, 0.25) is 0 Å². The van der Waals surface area contributed by atoms with Crippen LogP contribution in [0.15, 0.2) is 146 Å². The summed E-state index contributed by atoms with van der Waals surface area (Å²) < 4.78 is 61.2. The number of hydrogen-bond donors (Lipinski definition) is 4. The van der Waals surface area contributed by atoms with Gasteiger partial charge in [-0.2, -0.15) is 0 Å². The fourth-order valence-corrected chi connectivity index (χ4v) is 13.1. The minimum atomic E-state index is -4.94. The maximum Gasteiger partial charge on any atom is 0.472 e. The van der Waals surface area contributed by atoms with Crippen molar-refractivity contribution >= 4 is 33.6 Å². The zero-order chi connectivity index (χ0) is 79.4. The number of aliphatic hydroxyl groups excluding tert-OH is 2. The lowest BCUT2D eigenvalue weighted by molar-refractivity contribution is -0.161. The summed E-state index contributed by atoms with van der Waals surface area (Å²) in [6, 6.07) is 0. The molecular formula is C91H156O16P2. The third-order valence-corrected chi connectivity index (χ3v) is 19.9. The van der Waals surface area contributed by atoms with E-state index in [9.17, 15) is 43.5 Å². The highest BCUT2D eigenvalue weighted by molar-refractivity contribution is 7.47. The first-order valence-electron chi connectivity index (χ1n) is 43.1. The van der Waals surface area contributed by atoms with E-state index in [0.717, 1.165) is 167 Å². The average Bonchev–Trinajstić information content (AvgIpc) is 0.915. The highest BCUT2D eigenvalue weighted by Crippen LogP contribution is 2.45. The average molecular weight is 1570 g/mol. The van der Waals surface area contributed by atoms with Crippen molar-refractivity contribution in [3.8, 4) is 0 Å². The molecule has 0 aromatic rings. The van der Waals surface area contributed by atoms with Gasteiger partial charge in [0.25, 0.3) is 0 Å². The van der Waals surface area contributed by atoms with Gasteiger partial charge in [0.15, 0.2) is 6.10 Å².